The van der Waals surface area contributed by atoms with Crippen LogP contribution in [0, 0.1) is 11.8 Å². The first-order chi connectivity index (χ1) is 12.7. The molecular weight excluding hydrogens is 348 g/mol. The molecule has 7 nitrogen and oxygen atoms in total. The van der Waals surface area contributed by atoms with Gasteiger partial charge in [0.15, 0.2) is 0 Å². The molecule has 0 aromatic heterocycles. The van der Waals surface area contributed by atoms with Crippen molar-refractivity contribution in [3.8, 4) is 0 Å². The summed E-state index contributed by atoms with van der Waals surface area (Å²) in [6.07, 6.45) is 7.16. The largest absolute Gasteiger partial charge is 0.481 e. The molecule has 2 atom stereocenters. The van der Waals surface area contributed by atoms with Gasteiger partial charge < -0.3 is 19.6 Å². The number of likely N-dealkylation sites (tertiary alicyclic amines) is 2. The number of carbonyl (C=O) groups excluding carboxylic acids is 2. The minimum Gasteiger partial charge on any atom is -0.481 e. The Morgan fingerprint density at radius 2 is 1.74 bits per heavy atom. The Bertz CT molecular complexity index is 581. The molecule has 1 N–H and O–H groups in total. The first kappa shape index (κ1) is 21.3. The number of carboxylic acids is 1. The maximum atomic E-state index is 12.3. The van der Waals surface area contributed by atoms with Gasteiger partial charge in [-0.2, -0.15) is 0 Å². The molecule has 0 aromatic rings. The average molecular weight is 380 g/mol. The number of rotatable bonds is 4. The van der Waals surface area contributed by atoms with Crippen molar-refractivity contribution < 1.29 is 24.2 Å². The van der Waals surface area contributed by atoms with Crippen molar-refractivity contribution >= 4 is 18.0 Å². The molecule has 152 valence electrons. The normalized spacial score (nSPS) is 24.1. The Morgan fingerprint density at radius 3 is 2.41 bits per heavy atom. The molecule has 2 rings (SSSR count). The number of carbonyl (C=O) groups is 3. The number of amides is 2. The fraction of sp³-hybridized carbons (Fsp3) is 0.750. The van der Waals surface area contributed by atoms with E-state index in [2.05, 4.69) is 0 Å². The van der Waals surface area contributed by atoms with E-state index in [-0.39, 0.29) is 18.5 Å². The van der Waals surface area contributed by atoms with Crippen LogP contribution in [-0.4, -0.2) is 64.7 Å². The van der Waals surface area contributed by atoms with Gasteiger partial charge in [-0.1, -0.05) is 6.08 Å². The zero-order chi connectivity index (χ0) is 20.0. The minimum absolute atomic E-state index is 0.124. The van der Waals surface area contributed by atoms with Gasteiger partial charge in [0, 0.05) is 26.2 Å². The fourth-order valence-electron chi connectivity index (χ4n) is 3.60. The van der Waals surface area contributed by atoms with E-state index in [0.29, 0.717) is 32.0 Å². The molecule has 2 heterocycles. The molecular formula is C20H32N2O5. The van der Waals surface area contributed by atoms with Crippen LogP contribution in [0.3, 0.4) is 0 Å². The molecule has 0 radical (unpaired) electrons. The molecule has 2 aliphatic rings. The monoisotopic (exact) mass is 380 g/mol. The second kappa shape index (κ2) is 9.24. The van der Waals surface area contributed by atoms with Gasteiger partial charge in [0.2, 0.25) is 5.91 Å². The second-order valence-electron chi connectivity index (χ2n) is 8.53. The summed E-state index contributed by atoms with van der Waals surface area (Å²) in [5, 5.41) is 9.13. The summed E-state index contributed by atoms with van der Waals surface area (Å²) in [5.74, 6) is -1.11. The van der Waals surface area contributed by atoms with E-state index >= 15 is 0 Å². The zero-order valence-corrected chi connectivity index (χ0v) is 16.6. The summed E-state index contributed by atoms with van der Waals surface area (Å²) in [6, 6.07) is 0. The standard InChI is InChI=1S/C20H32N2O5/c1-20(2,3)27-19(26)22-12-5-8-15(13-22)7-4-10-17(23)21-11-6-9-16(14-21)18(24)25/h4,10,15-16H,5-9,11-14H2,1-3H3,(H,24,25). The molecule has 0 saturated carbocycles. The van der Waals surface area contributed by atoms with Crippen LogP contribution >= 0.6 is 0 Å². The summed E-state index contributed by atoms with van der Waals surface area (Å²) in [5.41, 5.74) is -0.501. The highest BCUT2D eigenvalue weighted by molar-refractivity contribution is 5.88. The number of hydrogen-bond donors (Lipinski definition) is 1. The molecule has 2 unspecified atom stereocenters. The maximum Gasteiger partial charge on any atom is 0.410 e. The van der Waals surface area contributed by atoms with Crippen LogP contribution in [-0.2, 0) is 14.3 Å². The number of allylic oxidation sites excluding steroid dienone is 1. The average Bonchev–Trinajstić information content (AvgIpc) is 2.60. The lowest BCUT2D eigenvalue weighted by molar-refractivity contribution is -0.144. The number of carboxylic acid groups (broad SMARTS) is 1. The maximum absolute atomic E-state index is 12.3. The second-order valence-corrected chi connectivity index (χ2v) is 8.53. The number of aliphatic carboxylic acids is 1. The first-order valence-corrected chi connectivity index (χ1v) is 9.82. The Kier molecular flexibility index (Phi) is 7.27. The van der Waals surface area contributed by atoms with Gasteiger partial charge in [-0.15, -0.1) is 0 Å². The molecule has 2 amide bonds. The third-order valence-electron chi connectivity index (χ3n) is 4.98. The van der Waals surface area contributed by atoms with Crippen molar-refractivity contribution in [1.29, 1.82) is 0 Å². The van der Waals surface area contributed by atoms with E-state index in [4.69, 9.17) is 9.84 Å². The van der Waals surface area contributed by atoms with E-state index in [0.717, 1.165) is 25.7 Å². The van der Waals surface area contributed by atoms with Crippen molar-refractivity contribution in [2.24, 2.45) is 11.8 Å². The van der Waals surface area contributed by atoms with Gasteiger partial charge >= 0.3 is 12.1 Å². The van der Waals surface area contributed by atoms with Crippen molar-refractivity contribution in [2.45, 2.75) is 58.5 Å². The molecule has 2 aliphatic heterocycles. The van der Waals surface area contributed by atoms with E-state index < -0.39 is 17.5 Å². The van der Waals surface area contributed by atoms with Crippen LogP contribution in [0.25, 0.3) is 0 Å². The molecule has 0 bridgehead atoms. The van der Waals surface area contributed by atoms with Crippen LogP contribution in [0.4, 0.5) is 4.79 Å². The van der Waals surface area contributed by atoms with Crippen LogP contribution in [0.2, 0.25) is 0 Å². The van der Waals surface area contributed by atoms with Crippen molar-refractivity contribution in [3.63, 3.8) is 0 Å². The summed E-state index contributed by atoms with van der Waals surface area (Å²) in [4.78, 5) is 39.0. The highest BCUT2D eigenvalue weighted by Crippen LogP contribution is 2.22. The predicted molar refractivity (Wildman–Crippen MR) is 101 cm³/mol. The Morgan fingerprint density at radius 1 is 1.07 bits per heavy atom. The van der Waals surface area contributed by atoms with E-state index in [1.807, 2.05) is 26.8 Å². The number of piperidine rings is 2. The zero-order valence-electron chi connectivity index (χ0n) is 16.6. The SMILES string of the molecule is CC(C)(C)OC(=O)N1CCCC(CC=CC(=O)N2CCCC(C(=O)O)C2)C1. The Balaban J connectivity index is 1.80. The van der Waals surface area contributed by atoms with Crippen LogP contribution in [0.1, 0.15) is 52.9 Å². The van der Waals surface area contributed by atoms with E-state index in [1.54, 1.807) is 15.9 Å². The lowest BCUT2D eigenvalue weighted by atomic mass is 9.94. The van der Waals surface area contributed by atoms with Gasteiger partial charge in [-0.05, 0) is 64.9 Å². The number of nitrogens with zero attached hydrogens (tertiary/aromatic N) is 2. The number of ether oxygens (including phenoxy) is 1. The van der Waals surface area contributed by atoms with Crippen LogP contribution in [0.15, 0.2) is 12.2 Å². The van der Waals surface area contributed by atoms with Crippen molar-refractivity contribution in [1.82, 2.24) is 9.80 Å². The Hall–Kier alpha value is -2.05. The molecule has 2 saturated heterocycles. The lowest BCUT2D eigenvalue weighted by Crippen LogP contribution is -2.42. The fourth-order valence-corrected chi connectivity index (χ4v) is 3.60. The summed E-state index contributed by atoms with van der Waals surface area (Å²) in [7, 11) is 0. The quantitative estimate of drug-likeness (QED) is 0.758. The minimum atomic E-state index is -0.832. The highest BCUT2D eigenvalue weighted by Gasteiger charge is 2.28. The lowest BCUT2D eigenvalue weighted by Gasteiger charge is -2.33. The summed E-state index contributed by atoms with van der Waals surface area (Å²) < 4.78 is 5.44. The number of hydrogen-bond acceptors (Lipinski definition) is 4. The van der Waals surface area contributed by atoms with Crippen LogP contribution < -0.4 is 0 Å². The molecule has 7 heteroatoms. The third kappa shape index (κ3) is 6.88. The van der Waals surface area contributed by atoms with E-state index in [9.17, 15) is 14.4 Å². The van der Waals surface area contributed by atoms with Gasteiger partial charge in [-0.3, -0.25) is 9.59 Å². The molecule has 0 aromatic carbocycles. The van der Waals surface area contributed by atoms with Gasteiger partial charge in [0.1, 0.15) is 5.60 Å². The van der Waals surface area contributed by atoms with Gasteiger partial charge in [0.05, 0.1) is 5.92 Å². The first-order valence-electron chi connectivity index (χ1n) is 9.82. The van der Waals surface area contributed by atoms with E-state index in [1.165, 1.54) is 0 Å². The smallest absolute Gasteiger partial charge is 0.410 e. The highest BCUT2D eigenvalue weighted by atomic mass is 16.6. The van der Waals surface area contributed by atoms with Crippen molar-refractivity contribution in [2.75, 3.05) is 26.2 Å². The van der Waals surface area contributed by atoms with Gasteiger partial charge in [0.25, 0.3) is 0 Å². The summed E-state index contributed by atoms with van der Waals surface area (Å²) in [6.45, 7) is 7.82. The predicted octanol–water partition coefficient (Wildman–Crippen LogP) is 2.90. The molecule has 27 heavy (non-hydrogen) atoms. The topological polar surface area (TPSA) is 87.2 Å². The van der Waals surface area contributed by atoms with Crippen molar-refractivity contribution in [3.05, 3.63) is 12.2 Å². The molecule has 2 fully saturated rings. The summed E-state index contributed by atoms with van der Waals surface area (Å²) >= 11 is 0. The van der Waals surface area contributed by atoms with Gasteiger partial charge in [-0.25, -0.2) is 4.79 Å². The molecule has 0 aliphatic carbocycles. The Labute approximate surface area is 161 Å². The molecule has 0 spiro atoms. The van der Waals surface area contributed by atoms with Crippen LogP contribution in [0.5, 0.6) is 0 Å². The third-order valence-corrected chi connectivity index (χ3v) is 4.98.